The van der Waals surface area contributed by atoms with Crippen molar-refractivity contribution in [1.82, 2.24) is 4.98 Å². The van der Waals surface area contributed by atoms with Crippen molar-refractivity contribution in [2.45, 2.75) is 25.3 Å². The number of benzene rings is 1. The molecule has 0 saturated heterocycles. The molecule has 88 valence electrons. The van der Waals surface area contributed by atoms with Gasteiger partial charge in [0, 0.05) is 11.9 Å². The topological polar surface area (TPSA) is 12.9 Å². The third kappa shape index (κ3) is 3.60. The van der Waals surface area contributed by atoms with E-state index < -0.39 is 0 Å². The minimum absolute atomic E-state index is 1.08. The first-order chi connectivity index (χ1) is 8.25. The van der Waals surface area contributed by atoms with Crippen LogP contribution in [0.1, 0.15) is 16.7 Å². The van der Waals surface area contributed by atoms with Crippen molar-refractivity contribution in [3.63, 3.8) is 0 Å². The average molecular weight is 243 g/mol. The Morgan fingerprint density at radius 2 is 2.00 bits per heavy atom. The quantitative estimate of drug-likeness (QED) is 0.752. The zero-order valence-electron chi connectivity index (χ0n) is 10.3. The van der Waals surface area contributed by atoms with Crippen molar-refractivity contribution in [3.05, 3.63) is 59.3 Å². The second kappa shape index (κ2) is 5.87. The lowest BCUT2D eigenvalue weighted by molar-refractivity contribution is 1.09. The second-order valence-electron chi connectivity index (χ2n) is 4.20. The fourth-order valence-electron chi connectivity index (χ4n) is 1.77. The van der Waals surface area contributed by atoms with Crippen LogP contribution in [0.5, 0.6) is 0 Å². The number of hydrogen-bond acceptors (Lipinski definition) is 2. The Labute approximate surface area is 107 Å². The Morgan fingerprint density at radius 1 is 1.12 bits per heavy atom. The van der Waals surface area contributed by atoms with Gasteiger partial charge in [-0.25, -0.2) is 4.98 Å². The largest absolute Gasteiger partial charge is 0.250 e. The Morgan fingerprint density at radius 3 is 2.76 bits per heavy atom. The summed E-state index contributed by atoms with van der Waals surface area (Å²) >= 11 is 1.82. The molecule has 0 amide bonds. The molecule has 0 spiro atoms. The molecule has 2 rings (SSSR count). The summed E-state index contributed by atoms with van der Waals surface area (Å²) in [6, 6.07) is 12.7. The highest BCUT2D eigenvalue weighted by atomic mass is 32.2. The number of pyridine rings is 1. The molecule has 0 saturated carbocycles. The van der Waals surface area contributed by atoms with E-state index in [1.807, 2.05) is 30.1 Å². The zero-order valence-corrected chi connectivity index (χ0v) is 11.1. The molecule has 0 atom stereocenters. The second-order valence-corrected chi connectivity index (χ2v) is 5.31. The molecule has 2 heteroatoms. The van der Waals surface area contributed by atoms with Crippen LogP contribution >= 0.6 is 11.8 Å². The minimum Gasteiger partial charge on any atom is -0.250 e. The summed E-state index contributed by atoms with van der Waals surface area (Å²) in [5.74, 6) is 1.08. The Bertz CT molecular complexity index is 480. The third-order valence-electron chi connectivity index (χ3n) is 2.76. The van der Waals surface area contributed by atoms with Gasteiger partial charge in [0.2, 0.25) is 0 Å². The van der Waals surface area contributed by atoms with Gasteiger partial charge in [-0.3, -0.25) is 0 Å². The first-order valence-electron chi connectivity index (χ1n) is 5.85. The summed E-state index contributed by atoms with van der Waals surface area (Å²) in [5.41, 5.74) is 4.18. The van der Waals surface area contributed by atoms with Crippen LogP contribution in [-0.4, -0.2) is 10.7 Å². The van der Waals surface area contributed by atoms with Gasteiger partial charge in [-0.05, 0) is 43.5 Å². The summed E-state index contributed by atoms with van der Waals surface area (Å²) in [6.45, 7) is 4.33. The molecule has 0 aliphatic heterocycles. The van der Waals surface area contributed by atoms with Crippen LogP contribution in [0.3, 0.4) is 0 Å². The Hall–Kier alpha value is -1.28. The number of rotatable bonds is 4. The van der Waals surface area contributed by atoms with Gasteiger partial charge in [0.05, 0.1) is 5.03 Å². The van der Waals surface area contributed by atoms with E-state index in [-0.39, 0.29) is 0 Å². The lowest BCUT2D eigenvalue weighted by Gasteiger charge is -2.06. The fraction of sp³-hybridized carbons (Fsp3) is 0.267. The molecule has 0 fully saturated rings. The molecule has 2 aromatic rings. The highest BCUT2D eigenvalue weighted by Gasteiger charge is 2.00. The number of hydrogen-bond donors (Lipinski definition) is 0. The van der Waals surface area contributed by atoms with Crippen LogP contribution in [0.25, 0.3) is 0 Å². The van der Waals surface area contributed by atoms with Gasteiger partial charge in [0.25, 0.3) is 0 Å². The van der Waals surface area contributed by atoms with Gasteiger partial charge in [-0.2, -0.15) is 0 Å². The van der Waals surface area contributed by atoms with E-state index in [1.54, 1.807) is 0 Å². The highest BCUT2D eigenvalue weighted by molar-refractivity contribution is 7.99. The lowest BCUT2D eigenvalue weighted by atomic mass is 10.0. The van der Waals surface area contributed by atoms with Crippen molar-refractivity contribution >= 4 is 11.8 Å². The predicted molar refractivity (Wildman–Crippen MR) is 74.6 cm³/mol. The van der Waals surface area contributed by atoms with Gasteiger partial charge in [-0.15, -0.1) is 11.8 Å². The van der Waals surface area contributed by atoms with Crippen LogP contribution in [0.15, 0.2) is 47.6 Å². The maximum atomic E-state index is 4.31. The minimum atomic E-state index is 1.08. The summed E-state index contributed by atoms with van der Waals surface area (Å²) < 4.78 is 0. The summed E-state index contributed by atoms with van der Waals surface area (Å²) in [4.78, 5) is 4.31. The molecule has 1 aromatic carbocycles. The van der Waals surface area contributed by atoms with E-state index >= 15 is 0 Å². The Kier molecular flexibility index (Phi) is 4.21. The summed E-state index contributed by atoms with van der Waals surface area (Å²) in [7, 11) is 0. The van der Waals surface area contributed by atoms with Gasteiger partial charge in [0.15, 0.2) is 0 Å². The molecule has 1 aromatic heterocycles. The summed E-state index contributed by atoms with van der Waals surface area (Å²) in [5, 5.41) is 1.11. The highest BCUT2D eigenvalue weighted by Crippen LogP contribution is 2.18. The van der Waals surface area contributed by atoms with E-state index in [4.69, 9.17) is 0 Å². The number of thioether (sulfide) groups is 1. The first-order valence-corrected chi connectivity index (χ1v) is 6.84. The molecular weight excluding hydrogens is 226 g/mol. The third-order valence-corrected chi connectivity index (χ3v) is 3.71. The lowest BCUT2D eigenvalue weighted by Crippen LogP contribution is -1.93. The number of nitrogens with zero attached hydrogens (tertiary/aromatic N) is 1. The fourth-order valence-corrected chi connectivity index (χ4v) is 2.61. The molecule has 1 nitrogen and oxygen atoms in total. The van der Waals surface area contributed by atoms with E-state index in [0.717, 1.165) is 17.2 Å². The molecular formula is C15H17NS. The number of aromatic nitrogens is 1. The normalized spacial score (nSPS) is 10.5. The van der Waals surface area contributed by atoms with Crippen molar-refractivity contribution in [3.8, 4) is 0 Å². The molecule has 17 heavy (non-hydrogen) atoms. The molecule has 0 aliphatic carbocycles. The maximum Gasteiger partial charge on any atom is 0.0959 e. The SMILES string of the molecule is Cc1ccc(C)c(CCSc2ccccn2)c1. The van der Waals surface area contributed by atoms with Crippen LogP contribution < -0.4 is 0 Å². The zero-order chi connectivity index (χ0) is 12.1. The van der Waals surface area contributed by atoms with E-state index in [2.05, 4.69) is 43.1 Å². The molecule has 0 N–H and O–H groups in total. The van der Waals surface area contributed by atoms with Crippen LogP contribution in [0.2, 0.25) is 0 Å². The smallest absolute Gasteiger partial charge is 0.0959 e. The molecule has 1 heterocycles. The Balaban J connectivity index is 1.92. The van der Waals surface area contributed by atoms with Crippen LogP contribution in [0.4, 0.5) is 0 Å². The van der Waals surface area contributed by atoms with Crippen molar-refractivity contribution in [2.24, 2.45) is 0 Å². The molecule has 0 bridgehead atoms. The average Bonchev–Trinajstić information content (AvgIpc) is 2.35. The monoisotopic (exact) mass is 243 g/mol. The summed E-state index contributed by atoms with van der Waals surface area (Å²) in [6.07, 6.45) is 2.95. The van der Waals surface area contributed by atoms with Gasteiger partial charge < -0.3 is 0 Å². The van der Waals surface area contributed by atoms with Crippen molar-refractivity contribution in [2.75, 3.05) is 5.75 Å². The van der Waals surface area contributed by atoms with Crippen LogP contribution in [0, 0.1) is 13.8 Å². The van der Waals surface area contributed by atoms with Gasteiger partial charge >= 0.3 is 0 Å². The van der Waals surface area contributed by atoms with Crippen molar-refractivity contribution in [1.29, 1.82) is 0 Å². The molecule has 0 aliphatic rings. The van der Waals surface area contributed by atoms with Gasteiger partial charge in [-0.1, -0.05) is 29.8 Å². The first kappa shape index (κ1) is 12.2. The predicted octanol–water partition coefficient (Wildman–Crippen LogP) is 4.03. The van der Waals surface area contributed by atoms with E-state index in [1.165, 1.54) is 16.7 Å². The van der Waals surface area contributed by atoms with Crippen molar-refractivity contribution < 1.29 is 0 Å². The standard InChI is InChI=1S/C15H17NS/c1-12-6-7-13(2)14(11-12)8-10-17-15-5-3-4-9-16-15/h3-7,9,11H,8,10H2,1-2H3. The molecule has 0 radical (unpaired) electrons. The maximum absolute atomic E-state index is 4.31. The molecule has 0 unspecified atom stereocenters. The van der Waals surface area contributed by atoms with E-state index in [0.29, 0.717) is 0 Å². The van der Waals surface area contributed by atoms with Gasteiger partial charge in [0.1, 0.15) is 0 Å². The van der Waals surface area contributed by atoms with E-state index in [9.17, 15) is 0 Å². The number of aryl methyl sites for hydroxylation is 3. The van der Waals surface area contributed by atoms with Crippen LogP contribution in [-0.2, 0) is 6.42 Å².